The maximum absolute atomic E-state index is 10.8. The number of hydrogen-bond acceptors (Lipinski definition) is 2. The van der Waals surface area contributed by atoms with Crippen LogP contribution in [0.25, 0.3) is 0 Å². The minimum absolute atomic E-state index is 0.149. The quantitative estimate of drug-likeness (QED) is 0.509. The molecule has 1 atom stereocenters. The second kappa shape index (κ2) is 4.80. The van der Waals surface area contributed by atoms with Crippen molar-refractivity contribution in [3.63, 3.8) is 0 Å². The first kappa shape index (κ1) is 9.96. The Morgan fingerprint density at radius 1 is 1.62 bits per heavy atom. The predicted molar refractivity (Wildman–Crippen MR) is 50.2 cm³/mol. The van der Waals surface area contributed by atoms with Gasteiger partial charge in [0, 0.05) is 13.0 Å². The van der Waals surface area contributed by atoms with Gasteiger partial charge in [0.15, 0.2) is 0 Å². The molecule has 3 heteroatoms. The number of rotatable bonds is 5. The first-order chi connectivity index (χ1) is 6.20. The lowest BCUT2D eigenvalue weighted by molar-refractivity contribution is -0.130. The van der Waals surface area contributed by atoms with Crippen molar-refractivity contribution in [3.8, 4) is 0 Å². The molecule has 1 rings (SSSR count). The first-order valence-electron chi connectivity index (χ1n) is 4.62. The van der Waals surface area contributed by atoms with Crippen LogP contribution in [0.4, 0.5) is 0 Å². The number of carbonyl (C=O) groups excluding carboxylic acids is 2. The first-order valence-corrected chi connectivity index (χ1v) is 4.62. The molecule has 1 N–H and O–H groups in total. The van der Waals surface area contributed by atoms with Crippen molar-refractivity contribution < 1.29 is 9.59 Å². The van der Waals surface area contributed by atoms with Crippen molar-refractivity contribution in [2.24, 2.45) is 5.92 Å². The van der Waals surface area contributed by atoms with Gasteiger partial charge < -0.3 is 10.1 Å². The number of β-lactam (4-membered cyclic amide) rings is 1. The van der Waals surface area contributed by atoms with E-state index in [-0.39, 0.29) is 17.6 Å². The van der Waals surface area contributed by atoms with Gasteiger partial charge in [0.05, 0.1) is 5.92 Å². The van der Waals surface area contributed by atoms with Crippen molar-refractivity contribution in [2.45, 2.75) is 26.2 Å². The zero-order chi connectivity index (χ0) is 9.68. The Labute approximate surface area is 78.2 Å². The molecule has 1 fully saturated rings. The molecule has 72 valence electrons. The van der Waals surface area contributed by atoms with Gasteiger partial charge in [0.2, 0.25) is 5.91 Å². The van der Waals surface area contributed by atoms with Gasteiger partial charge in [0.1, 0.15) is 5.78 Å². The molecule has 1 saturated heterocycles. The molecular weight excluding hydrogens is 166 g/mol. The summed E-state index contributed by atoms with van der Waals surface area (Å²) in [6.45, 7) is 2.39. The summed E-state index contributed by atoms with van der Waals surface area (Å²) >= 11 is 0. The van der Waals surface area contributed by atoms with Crippen molar-refractivity contribution in [3.05, 3.63) is 12.2 Å². The van der Waals surface area contributed by atoms with Crippen LogP contribution < -0.4 is 5.32 Å². The van der Waals surface area contributed by atoms with E-state index in [1.165, 1.54) is 0 Å². The van der Waals surface area contributed by atoms with Crippen LogP contribution in [0.5, 0.6) is 0 Å². The fourth-order valence-electron chi connectivity index (χ4n) is 1.19. The summed E-state index contributed by atoms with van der Waals surface area (Å²) in [5, 5.41) is 2.69. The lowest BCUT2D eigenvalue weighted by Gasteiger charge is -2.24. The Kier molecular flexibility index (Phi) is 3.68. The van der Waals surface area contributed by atoms with Crippen LogP contribution in [0.1, 0.15) is 26.2 Å². The van der Waals surface area contributed by atoms with E-state index in [9.17, 15) is 9.59 Å². The van der Waals surface area contributed by atoms with Crippen LogP contribution in [-0.4, -0.2) is 18.2 Å². The summed E-state index contributed by atoms with van der Waals surface area (Å²) in [6.07, 6.45) is 6.18. The van der Waals surface area contributed by atoms with E-state index >= 15 is 0 Å². The minimum atomic E-state index is 0.149. The molecule has 0 unspecified atom stereocenters. The Hall–Kier alpha value is -1.12. The molecule has 0 saturated carbocycles. The maximum atomic E-state index is 10.8. The molecule has 0 aromatic heterocycles. The van der Waals surface area contributed by atoms with Crippen molar-refractivity contribution >= 4 is 11.7 Å². The second-order valence-electron chi connectivity index (χ2n) is 3.39. The number of amides is 1. The average Bonchev–Trinajstić information content (AvgIpc) is 2.08. The molecule has 0 spiro atoms. The lowest BCUT2D eigenvalue weighted by atomic mass is 9.98. The third-order valence-electron chi connectivity index (χ3n) is 2.14. The number of carbonyl (C=O) groups is 2. The van der Waals surface area contributed by atoms with Crippen molar-refractivity contribution in [2.75, 3.05) is 6.54 Å². The molecule has 0 aromatic rings. The van der Waals surface area contributed by atoms with Gasteiger partial charge in [-0.3, -0.25) is 4.79 Å². The molecule has 1 heterocycles. The molecule has 1 aliphatic heterocycles. The highest BCUT2D eigenvalue weighted by atomic mass is 16.2. The molecule has 3 nitrogen and oxygen atoms in total. The van der Waals surface area contributed by atoms with Crippen LogP contribution in [0, 0.1) is 5.92 Å². The molecular formula is C10H15NO2. The van der Waals surface area contributed by atoms with Gasteiger partial charge >= 0.3 is 0 Å². The van der Waals surface area contributed by atoms with Gasteiger partial charge in [-0.1, -0.05) is 12.2 Å². The third kappa shape index (κ3) is 3.40. The largest absolute Gasteiger partial charge is 0.355 e. The van der Waals surface area contributed by atoms with E-state index in [1.807, 2.05) is 12.2 Å². The van der Waals surface area contributed by atoms with Crippen LogP contribution in [0.2, 0.25) is 0 Å². The highest BCUT2D eigenvalue weighted by Gasteiger charge is 2.25. The second-order valence-corrected chi connectivity index (χ2v) is 3.39. The predicted octanol–water partition coefficient (Wildman–Crippen LogP) is 1.05. The van der Waals surface area contributed by atoms with Gasteiger partial charge in [0.25, 0.3) is 0 Å². The third-order valence-corrected chi connectivity index (χ3v) is 2.14. The minimum Gasteiger partial charge on any atom is -0.355 e. The van der Waals surface area contributed by atoms with Crippen LogP contribution in [0.3, 0.4) is 0 Å². The van der Waals surface area contributed by atoms with Crippen LogP contribution in [-0.2, 0) is 9.59 Å². The maximum Gasteiger partial charge on any atom is 0.225 e. The smallest absolute Gasteiger partial charge is 0.225 e. The number of hydrogen-bond donors (Lipinski definition) is 1. The fraction of sp³-hybridized carbons (Fsp3) is 0.600. The summed E-state index contributed by atoms with van der Waals surface area (Å²) in [6, 6.07) is 0. The highest BCUT2D eigenvalue weighted by molar-refractivity contribution is 5.84. The monoisotopic (exact) mass is 181 g/mol. The van der Waals surface area contributed by atoms with E-state index < -0.39 is 0 Å². The Morgan fingerprint density at radius 2 is 2.38 bits per heavy atom. The average molecular weight is 181 g/mol. The fourth-order valence-corrected chi connectivity index (χ4v) is 1.19. The van der Waals surface area contributed by atoms with E-state index in [1.54, 1.807) is 6.92 Å². The molecule has 0 aromatic carbocycles. The van der Waals surface area contributed by atoms with E-state index in [0.717, 1.165) is 19.4 Å². The molecule has 0 bridgehead atoms. The van der Waals surface area contributed by atoms with Crippen LogP contribution in [0.15, 0.2) is 12.2 Å². The van der Waals surface area contributed by atoms with Crippen molar-refractivity contribution in [1.82, 2.24) is 5.32 Å². The summed E-state index contributed by atoms with van der Waals surface area (Å²) < 4.78 is 0. The number of allylic oxidation sites excluding steroid dienone is 2. The summed E-state index contributed by atoms with van der Waals surface area (Å²) in [4.78, 5) is 21.4. The molecule has 0 radical (unpaired) electrons. The number of nitrogens with one attached hydrogen (secondary N) is 1. The zero-order valence-corrected chi connectivity index (χ0v) is 7.88. The molecule has 1 amide bonds. The highest BCUT2D eigenvalue weighted by Crippen LogP contribution is 2.10. The summed E-state index contributed by atoms with van der Waals surface area (Å²) in [7, 11) is 0. The van der Waals surface area contributed by atoms with Gasteiger partial charge in [-0.15, -0.1) is 0 Å². The van der Waals surface area contributed by atoms with E-state index in [0.29, 0.717) is 6.42 Å². The topological polar surface area (TPSA) is 46.2 Å². The lowest BCUT2D eigenvalue weighted by Crippen LogP contribution is -2.48. The summed E-state index contributed by atoms with van der Waals surface area (Å²) in [5.41, 5.74) is 0. The Bertz CT molecular complexity index is 233. The van der Waals surface area contributed by atoms with Gasteiger partial charge in [-0.2, -0.15) is 0 Å². The number of Topliss-reactive ketones (excluding diaryl/α,β-unsaturated/α-hetero) is 1. The van der Waals surface area contributed by atoms with Crippen LogP contribution >= 0.6 is 0 Å². The van der Waals surface area contributed by atoms with Gasteiger partial charge in [-0.25, -0.2) is 0 Å². The molecule has 0 aliphatic carbocycles. The van der Waals surface area contributed by atoms with E-state index in [4.69, 9.17) is 0 Å². The SMILES string of the molecule is CC(=O)CC/C=C/C[C@@H]1CNC1=O. The standard InChI is InChI=1S/C10H15NO2/c1-8(12)5-3-2-4-6-9-7-11-10(9)13/h2,4,9H,3,5-7H2,1H3,(H,11,13)/b4-2+/t9-/m1/s1. The van der Waals surface area contributed by atoms with Crippen molar-refractivity contribution in [1.29, 1.82) is 0 Å². The van der Waals surface area contributed by atoms with E-state index in [2.05, 4.69) is 5.32 Å². The Morgan fingerprint density at radius 3 is 2.85 bits per heavy atom. The number of ketones is 1. The molecule has 13 heavy (non-hydrogen) atoms. The zero-order valence-electron chi connectivity index (χ0n) is 7.88. The molecule has 1 aliphatic rings. The normalized spacial score (nSPS) is 21.3. The summed E-state index contributed by atoms with van der Waals surface area (Å²) in [5.74, 6) is 0.538. The van der Waals surface area contributed by atoms with Gasteiger partial charge in [-0.05, 0) is 19.8 Å². The Balaban J connectivity index is 2.04.